The Morgan fingerprint density at radius 2 is 2.17 bits per heavy atom. The van der Waals surface area contributed by atoms with Gasteiger partial charge in [0.1, 0.15) is 0 Å². The minimum absolute atomic E-state index is 0.179. The van der Waals surface area contributed by atoms with Crippen molar-refractivity contribution in [3.63, 3.8) is 0 Å². The molecule has 1 amide bonds. The number of hydrogen-bond donors (Lipinski definition) is 1. The number of ether oxygens (including phenoxy) is 2. The van der Waals surface area contributed by atoms with E-state index < -0.39 is 5.79 Å². The Labute approximate surface area is 110 Å². The highest BCUT2D eigenvalue weighted by molar-refractivity contribution is 6.33. The summed E-state index contributed by atoms with van der Waals surface area (Å²) in [6.07, 6.45) is 2.97. The molecule has 6 heteroatoms. The highest BCUT2D eigenvalue weighted by Crippen LogP contribution is 2.18. The van der Waals surface area contributed by atoms with Crippen molar-refractivity contribution in [3.05, 3.63) is 29.0 Å². The maximum Gasteiger partial charge on any atom is 0.254 e. The van der Waals surface area contributed by atoms with E-state index in [-0.39, 0.29) is 11.9 Å². The smallest absolute Gasteiger partial charge is 0.254 e. The largest absolute Gasteiger partial charge is 0.348 e. The number of aromatic nitrogens is 1. The molecule has 2 rings (SSSR count). The molecule has 1 fully saturated rings. The zero-order chi connectivity index (χ0) is 13.2. The van der Waals surface area contributed by atoms with E-state index in [4.69, 9.17) is 21.1 Å². The van der Waals surface area contributed by atoms with E-state index in [0.29, 0.717) is 23.8 Å². The van der Waals surface area contributed by atoms with Crippen LogP contribution in [0.2, 0.25) is 5.02 Å². The molecule has 0 unspecified atom stereocenters. The van der Waals surface area contributed by atoms with Gasteiger partial charge in [-0.15, -0.1) is 0 Å². The molecule has 0 aromatic carbocycles. The standard InChI is InChI=1S/C12H15ClN2O3/c1-12(2)17-6-8(7-18-12)15-11(16)9-5-14-4-3-10(9)13/h3-5,8H,6-7H2,1-2H3,(H,15,16). The van der Waals surface area contributed by atoms with Crippen LogP contribution in [-0.4, -0.2) is 35.9 Å². The van der Waals surface area contributed by atoms with Crippen molar-refractivity contribution >= 4 is 17.5 Å². The number of pyridine rings is 1. The molecular weight excluding hydrogens is 256 g/mol. The van der Waals surface area contributed by atoms with Crippen molar-refractivity contribution < 1.29 is 14.3 Å². The summed E-state index contributed by atoms with van der Waals surface area (Å²) in [6.45, 7) is 4.50. The first-order chi connectivity index (χ1) is 8.48. The van der Waals surface area contributed by atoms with Gasteiger partial charge in [-0.3, -0.25) is 9.78 Å². The van der Waals surface area contributed by atoms with Crippen LogP contribution in [0.3, 0.4) is 0 Å². The summed E-state index contributed by atoms with van der Waals surface area (Å²) in [5.41, 5.74) is 0.351. The van der Waals surface area contributed by atoms with Gasteiger partial charge < -0.3 is 14.8 Å². The van der Waals surface area contributed by atoms with Crippen LogP contribution in [0.25, 0.3) is 0 Å². The highest BCUT2D eigenvalue weighted by Gasteiger charge is 2.29. The summed E-state index contributed by atoms with van der Waals surface area (Å²) in [7, 11) is 0. The zero-order valence-corrected chi connectivity index (χ0v) is 11.0. The van der Waals surface area contributed by atoms with Crippen molar-refractivity contribution in [3.8, 4) is 0 Å². The number of amides is 1. The summed E-state index contributed by atoms with van der Waals surface area (Å²) in [6, 6.07) is 1.40. The maximum absolute atomic E-state index is 11.9. The van der Waals surface area contributed by atoms with Gasteiger partial charge in [-0.05, 0) is 19.9 Å². The molecule has 1 aliphatic heterocycles. The van der Waals surface area contributed by atoms with Gasteiger partial charge in [0.2, 0.25) is 0 Å². The van der Waals surface area contributed by atoms with Crippen molar-refractivity contribution in [2.45, 2.75) is 25.7 Å². The van der Waals surface area contributed by atoms with Crippen molar-refractivity contribution in [1.29, 1.82) is 0 Å². The first-order valence-corrected chi connectivity index (χ1v) is 6.04. The number of halogens is 1. The highest BCUT2D eigenvalue weighted by atomic mass is 35.5. The van der Waals surface area contributed by atoms with Gasteiger partial charge in [-0.1, -0.05) is 11.6 Å². The van der Waals surface area contributed by atoms with E-state index in [1.54, 1.807) is 6.07 Å². The number of carbonyl (C=O) groups excluding carboxylic acids is 1. The summed E-state index contributed by atoms with van der Waals surface area (Å²) in [4.78, 5) is 15.8. The van der Waals surface area contributed by atoms with E-state index in [2.05, 4.69) is 10.3 Å². The van der Waals surface area contributed by atoms with Crippen LogP contribution in [0.5, 0.6) is 0 Å². The number of rotatable bonds is 2. The Hall–Kier alpha value is -1.17. The molecule has 0 atom stereocenters. The fraction of sp³-hybridized carbons (Fsp3) is 0.500. The minimum atomic E-state index is -0.590. The van der Waals surface area contributed by atoms with Crippen LogP contribution in [0, 0.1) is 0 Å². The molecule has 5 nitrogen and oxygen atoms in total. The molecule has 0 spiro atoms. The van der Waals surface area contributed by atoms with Gasteiger partial charge in [-0.2, -0.15) is 0 Å². The van der Waals surface area contributed by atoms with Crippen molar-refractivity contribution in [2.24, 2.45) is 0 Å². The lowest BCUT2D eigenvalue weighted by atomic mass is 10.2. The van der Waals surface area contributed by atoms with E-state index in [9.17, 15) is 4.79 Å². The van der Waals surface area contributed by atoms with Crippen LogP contribution in [-0.2, 0) is 9.47 Å². The molecule has 0 aliphatic carbocycles. The number of carbonyl (C=O) groups is 1. The monoisotopic (exact) mass is 270 g/mol. The Morgan fingerprint density at radius 3 is 2.78 bits per heavy atom. The molecule has 18 heavy (non-hydrogen) atoms. The number of hydrogen-bond acceptors (Lipinski definition) is 4. The fourth-order valence-corrected chi connectivity index (χ4v) is 1.77. The first kappa shape index (κ1) is 13.3. The number of nitrogens with zero attached hydrogens (tertiary/aromatic N) is 1. The van der Waals surface area contributed by atoms with E-state index in [0.717, 1.165) is 0 Å². The molecule has 98 valence electrons. The molecule has 1 aromatic rings. The second-order valence-corrected chi connectivity index (χ2v) is 4.95. The van der Waals surface area contributed by atoms with Crippen LogP contribution in [0.4, 0.5) is 0 Å². The van der Waals surface area contributed by atoms with Crippen LogP contribution < -0.4 is 5.32 Å². The predicted octanol–water partition coefficient (Wildman–Crippen LogP) is 1.62. The van der Waals surface area contributed by atoms with E-state index in [1.807, 2.05) is 13.8 Å². The average Bonchev–Trinajstić information content (AvgIpc) is 2.32. The molecule has 0 saturated carbocycles. The summed E-state index contributed by atoms with van der Waals surface area (Å²) < 4.78 is 10.9. The number of nitrogens with one attached hydrogen (secondary N) is 1. The molecule has 0 bridgehead atoms. The van der Waals surface area contributed by atoms with Crippen molar-refractivity contribution in [2.75, 3.05) is 13.2 Å². The second kappa shape index (κ2) is 5.22. The fourth-order valence-electron chi connectivity index (χ4n) is 1.58. The zero-order valence-electron chi connectivity index (χ0n) is 10.3. The Morgan fingerprint density at radius 1 is 1.50 bits per heavy atom. The quantitative estimate of drug-likeness (QED) is 0.887. The summed E-state index contributed by atoms with van der Waals surface area (Å²) in [5, 5.41) is 3.18. The lowest BCUT2D eigenvalue weighted by molar-refractivity contribution is -0.251. The Bertz CT molecular complexity index is 441. The predicted molar refractivity (Wildman–Crippen MR) is 66.5 cm³/mol. The SMILES string of the molecule is CC1(C)OCC(NC(=O)c2cnccc2Cl)CO1. The minimum Gasteiger partial charge on any atom is -0.348 e. The third kappa shape index (κ3) is 3.19. The van der Waals surface area contributed by atoms with Gasteiger partial charge in [0.15, 0.2) is 5.79 Å². The molecule has 1 N–H and O–H groups in total. The van der Waals surface area contributed by atoms with E-state index >= 15 is 0 Å². The van der Waals surface area contributed by atoms with Crippen LogP contribution >= 0.6 is 11.6 Å². The molecule has 2 heterocycles. The normalized spacial score (nSPS) is 19.5. The summed E-state index contributed by atoms with van der Waals surface area (Å²) >= 11 is 5.92. The van der Waals surface area contributed by atoms with Crippen LogP contribution in [0.1, 0.15) is 24.2 Å². The van der Waals surface area contributed by atoms with Gasteiger partial charge in [-0.25, -0.2) is 0 Å². The Balaban J connectivity index is 1.95. The lowest BCUT2D eigenvalue weighted by Crippen LogP contribution is -2.50. The Kier molecular flexibility index (Phi) is 3.85. The van der Waals surface area contributed by atoms with E-state index in [1.165, 1.54) is 12.4 Å². The molecule has 1 saturated heterocycles. The summed E-state index contributed by atoms with van der Waals surface area (Å²) in [5.74, 6) is -0.863. The van der Waals surface area contributed by atoms with Gasteiger partial charge in [0.25, 0.3) is 5.91 Å². The lowest BCUT2D eigenvalue weighted by Gasteiger charge is -2.35. The van der Waals surface area contributed by atoms with Crippen molar-refractivity contribution in [1.82, 2.24) is 10.3 Å². The van der Waals surface area contributed by atoms with Gasteiger partial charge in [0, 0.05) is 12.4 Å². The average molecular weight is 271 g/mol. The molecule has 1 aromatic heterocycles. The molecule has 0 radical (unpaired) electrons. The topological polar surface area (TPSA) is 60.5 Å². The molecular formula is C12H15ClN2O3. The third-order valence-corrected chi connectivity index (χ3v) is 2.94. The maximum atomic E-state index is 11.9. The second-order valence-electron chi connectivity index (χ2n) is 4.55. The first-order valence-electron chi connectivity index (χ1n) is 5.66. The molecule has 1 aliphatic rings. The van der Waals surface area contributed by atoms with Gasteiger partial charge in [0.05, 0.1) is 29.8 Å². The van der Waals surface area contributed by atoms with Gasteiger partial charge >= 0.3 is 0 Å². The van der Waals surface area contributed by atoms with Crippen LogP contribution in [0.15, 0.2) is 18.5 Å². The third-order valence-electron chi connectivity index (χ3n) is 2.61.